The molecule has 2 heterocycles. The Morgan fingerprint density at radius 2 is 1.92 bits per heavy atom. The molecule has 1 unspecified atom stereocenters. The number of nitrogens with zero attached hydrogens (tertiary/aromatic N) is 1. The predicted molar refractivity (Wildman–Crippen MR) is 91.0 cm³/mol. The number of nitrogens with one attached hydrogen (secondary N) is 1. The number of amides is 1. The molecule has 1 aromatic carbocycles. The second-order valence-electron chi connectivity index (χ2n) is 5.55. The number of rotatable bonds is 6. The topological polar surface area (TPSA) is 64.2 Å². The summed E-state index contributed by atoms with van der Waals surface area (Å²) in [6.45, 7) is 1.50. The molecule has 5 heteroatoms. The molecule has 0 bridgehead atoms. The van der Waals surface area contributed by atoms with Crippen molar-refractivity contribution in [2.45, 2.75) is 19.4 Å². The van der Waals surface area contributed by atoms with Gasteiger partial charge in [0, 0.05) is 23.6 Å². The minimum Gasteiger partial charge on any atom is -0.467 e. The van der Waals surface area contributed by atoms with Crippen LogP contribution in [-0.2, 0) is 4.79 Å². The van der Waals surface area contributed by atoms with E-state index in [0.717, 1.165) is 5.76 Å². The molecule has 0 fully saturated rings. The summed E-state index contributed by atoms with van der Waals surface area (Å²) in [5.41, 5.74) is 1.18. The van der Waals surface area contributed by atoms with Crippen molar-refractivity contribution in [3.63, 3.8) is 0 Å². The lowest BCUT2D eigenvalue weighted by Crippen LogP contribution is -2.19. The lowest BCUT2D eigenvalue weighted by atomic mass is 10.1. The second kappa shape index (κ2) is 7.00. The van der Waals surface area contributed by atoms with Crippen LogP contribution in [0.5, 0.6) is 0 Å². The molecule has 2 aromatic heterocycles. The Hall–Kier alpha value is -3.08. The highest BCUT2D eigenvalue weighted by molar-refractivity contribution is 5.97. The molecule has 122 valence electrons. The lowest BCUT2D eigenvalue weighted by molar-refractivity contribution is -0.116. The van der Waals surface area contributed by atoms with Gasteiger partial charge in [0.15, 0.2) is 5.78 Å². The van der Waals surface area contributed by atoms with Crippen LogP contribution in [0.1, 0.15) is 35.5 Å². The minimum absolute atomic E-state index is 0.0353. The highest BCUT2D eigenvalue weighted by Crippen LogP contribution is 2.23. The van der Waals surface area contributed by atoms with Crippen LogP contribution < -0.4 is 5.32 Å². The number of benzene rings is 1. The van der Waals surface area contributed by atoms with Gasteiger partial charge in [-0.15, -0.1) is 0 Å². The van der Waals surface area contributed by atoms with Gasteiger partial charge in [0.25, 0.3) is 0 Å². The molecule has 5 nitrogen and oxygen atoms in total. The normalized spacial score (nSPS) is 11.9. The third-order valence-electron chi connectivity index (χ3n) is 3.79. The van der Waals surface area contributed by atoms with Gasteiger partial charge in [-0.3, -0.25) is 9.59 Å². The van der Waals surface area contributed by atoms with Crippen LogP contribution in [-0.4, -0.2) is 16.3 Å². The number of carbonyl (C=O) groups excluding carboxylic acids is 2. The number of aromatic nitrogens is 1. The first-order chi connectivity index (χ1) is 11.6. The summed E-state index contributed by atoms with van der Waals surface area (Å²) < 4.78 is 7.41. The van der Waals surface area contributed by atoms with Gasteiger partial charge in [-0.05, 0) is 43.3 Å². The summed E-state index contributed by atoms with van der Waals surface area (Å²) in [5.74, 6) is 0.538. The largest absolute Gasteiger partial charge is 0.467 e. The molecular formula is C19H18N2O3. The molecule has 24 heavy (non-hydrogen) atoms. The molecule has 0 saturated heterocycles. The van der Waals surface area contributed by atoms with Gasteiger partial charge >= 0.3 is 0 Å². The van der Waals surface area contributed by atoms with Crippen LogP contribution in [0.2, 0.25) is 0 Å². The fourth-order valence-corrected chi connectivity index (χ4v) is 2.59. The molecule has 3 aromatic rings. The van der Waals surface area contributed by atoms with Crippen molar-refractivity contribution in [2.75, 3.05) is 5.32 Å². The molecule has 1 N–H and O–H groups in total. The maximum absolute atomic E-state index is 12.4. The van der Waals surface area contributed by atoms with E-state index in [0.29, 0.717) is 11.3 Å². The fraction of sp³-hybridized carbons (Fsp3) is 0.158. The first kappa shape index (κ1) is 15.8. The molecule has 0 saturated carbocycles. The van der Waals surface area contributed by atoms with Crippen molar-refractivity contribution < 1.29 is 14.0 Å². The number of carbonyl (C=O) groups is 2. The van der Waals surface area contributed by atoms with Crippen molar-refractivity contribution in [1.82, 2.24) is 4.57 Å². The number of hydrogen-bond acceptors (Lipinski definition) is 3. The summed E-state index contributed by atoms with van der Waals surface area (Å²) in [6.07, 6.45) is 5.63. The molecule has 1 atom stereocenters. The predicted octanol–water partition coefficient (Wildman–Crippen LogP) is 3.90. The zero-order chi connectivity index (χ0) is 16.9. The standard InChI is InChI=1S/C19H18N2O3/c1-14(22)15-6-4-7-16(12-15)20-19(23)13-17(18-8-5-11-24-18)21-9-2-3-10-21/h2-12,17H,13H2,1H3,(H,20,23). The van der Waals surface area contributed by atoms with Gasteiger partial charge in [-0.1, -0.05) is 12.1 Å². The fourth-order valence-electron chi connectivity index (χ4n) is 2.59. The summed E-state index contributed by atoms with van der Waals surface area (Å²) in [7, 11) is 0. The van der Waals surface area contributed by atoms with Crippen LogP contribution >= 0.6 is 0 Å². The van der Waals surface area contributed by atoms with E-state index in [2.05, 4.69) is 5.32 Å². The van der Waals surface area contributed by atoms with Crippen LogP contribution in [0.3, 0.4) is 0 Å². The van der Waals surface area contributed by atoms with Gasteiger partial charge in [0.2, 0.25) is 5.91 Å². The Bertz CT molecular complexity index is 786. The van der Waals surface area contributed by atoms with E-state index >= 15 is 0 Å². The minimum atomic E-state index is -0.217. The first-order valence-electron chi connectivity index (χ1n) is 7.70. The Morgan fingerprint density at radius 3 is 2.58 bits per heavy atom. The van der Waals surface area contributed by atoms with Crippen molar-refractivity contribution in [3.8, 4) is 0 Å². The SMILES string of the molecule is CC(=O)c1cccc(NC(=O)CC(c2ccco2)n2cccc2)c1. The number of anilines is 1. The van der Waals surface area contributed by atoms with E-state index in [1.807, 2.05) is 35.2 Å². The average Bonchev–Trinajstić information content (AvgIpc) is 3.26. The van der Waals surface area contributed by atoms with Crippen molar-refractivity contribution in [1.29, 1.82) is 0 Å². The Kier molecular flexibility index (Phi) is 4.61. The molecular weight excluding hydrogens is 304 g/mol. The molecule has 0 aliphatic carbocycles. The lowest BCUT2D eigenvalue weighted by Gasteiger charge is -2.16. The molecule has 0 spiro atoms. The van der Waals surface area contributed by atoms with E-state index < -0.39 is 0 Å². The molecule has 1 amide bonds. The molecule has 0 aliphatic heterocycles. The second-order valence-corrected chi connectivity index (χ2v) is 5.55. The molecule has 3 rings (SSSR count). The Morgan fingerprint density at radius 1 is 1.12 bits per heavy atom. The summed E-state index contributed by atoms with van der Waals surface area (Å²) in [4.78, 5) is 23.9. The number of hydrogen-bond donors (Lipinski definition) is 1. The third kappa shape index (κ3) is 3.63. The van der Waals surface area contributed by atoms with Gasteiger partial charge in [-0.25, -0.2) is 0 Å². The molecule has 0 aliphatic rings. The number of ketones is 1. The average molecular weight is 322 g/mol. The number of Topliss-reactive ketones (excluding diaryl/α,β-unsaturated/α-hetero) is 1. The third-order valence-corrected chi connectivity index (χ3v) is 3.79. The summed E-state index contributed by atoms with van der Waals surface area (Å²) in [5, 5.41) is 2.85. The van der Waals surface area contributed by atoms with E-state index in [-0.39, 0.29) is 24.2 Å². The van der Waals surface area contributed by atoms with Gasteiger partial charge < -0.3 is 14.3 Å². The van der Waals surface area contributed by atoms with Crippen LogP contribution in [0, 0.1) is 0 Å². The van der Waals surface area contributed by atoms with Crippen molar-refractivity contribution >= 4 is 17.4 Å². The first-order valence-corrected chi connectivity index (χ1v) is 7.70. The number of furan rings is 1. The van der Waals surface area contributed by atoms with Crippen molar-refractivity contribution in [3.05, 3.63) is 78.5 Å². The zero-order valence-electron chi connectivity index (χ0n) is 13.3. The van der Waals surface area contributed by atoms with E-state index in [4.69, 9.17) is 4.42 Å². The van der Waals surface area contributed by atoms with Crippen LogP contribution in [0.25, 0.3) is 0 Å². The maximum Gasteiger partial charge on any atom is 0.226 e. The summed E-state index contributed by atoms with van der Waals surface area (Å²) >= 11 is 0. The van der Waals surface area contributed by atoms with Gasteiger partial charge in [-0.2, -0.15) is 0 Å². The van der Waals surface area contributed by atoms with E-state index in [1.165, 1.54) is 6.92 Å². The monoisotopic (exact) mass is 322 g/mol. The Labute approximate surface area is 139 Å². The quantitative estimate of drug-likeness (QED) is 0.700. The van der Waals surface area contributed by atoms with Crippen LogP contribution in [0.4, 0.5) is 5.69 Å². The van der Waals surface area contributed by atoms with E-state index in [9.17, 15) is 9.59 Å². The van der Waals surface area contributed by atoms with Gasteiger partial charge in [0.1, 0.15) is 5.76 Å². The smallest absolute Gasteiger partial charge is 0.226 e. The zero-order valence-corrected chi connectivity index (χ0v) is 13.3. The Balaban J connectivity index is 1.75. The van der Waals surface area contributed by atoms with E-state index in [1.54, 1.807) is 36.6 Å². The maximum atomic E-state index is 12.4. The van der Waals surface area contributed by atoms with Crippen molar-refractivity contribution in [2.24, 2.45) is 0 Å². The van der Waals surface area contributed by atoms with Crippen LogP contribution in [0.15, 0.2) is 71.6 Å². The molecule has 0 radical (unpaired) electrons. The highest BCUT2D eigenvalue weighted by Gasteiger charge is 2.20. The van der Waals surface area contributed by atoms with Gasteiger partial charge in [0.05, 0.1) is 18.7 Å². The highest BCUT2D eigenvalue weighted by atomic mass is 16.3. The summed E-state index contributed by atoms with van der Waals surface area (Å²) in [6, 6.07) is 14.2.